The second-order valence-electron chi connectivity index (χ2n) is 7.63. The van der Waals surface area contributed by atoms with Crippen LogP contribution in [0.4, 0.5) is 5.69 Å². The maximum atomic E-state index is 11.9. The number of anilines is 1. The molecule has 0 radical (unpaired) electrons. The van der Waals surface area contributed by atoms with Gasteiger partial charge in [0.2, 0.25) is 0 Å². The highest BCUT2D eigenvalue weighted by Gasteiger charge is 2.14. The van der Waals surface area contributed by atoms with Crippen LogP contribution in [0.1, 0.15) is 17.5 Å². The first-order valence-electron chi connectivity index (χ1n) is 10.3. The molecule has 2 aromatic carbocycles. The fourth-order valence-electron chi connectivity index (χ4n) is 3.38. The first-order chi connectivity index (χ1) is 14.5. The van der Waals surface area contributed by atoms with E-state index >= 15 is 0 Å². The van der Waals surface area contributed by atoms with E-state index in [1.54, 1.807) is 12.1 Å². The van der Waals surface area contributed by atoms with E-state index in [4.69, 9.17) is 11.6 Å². The Bertz CT molecular complexity index is 831. The van der Waals surface area contributed by atoms with Gasteiger partial charge < -0.3 is 20.4 Å². The van der Waals surface area contributed by atoms with Crippen LogP contribution in [0, 0.1) is 0 Å². The van der Waals surface area contributed by atoms with E-state index in [-0.39, 0.29) is 0 Å². The van der Waals surface area contributed by atoms with Crippen molar-refractivity contribution >= 4 is 29.1 Å². The second kappa shape index (κ2) is 11.0. The quantitative estimate of drug-likeness (QED) is 0.525. The first kappa shape index (κ1) is 22.1. The number of nitrogens with one attached hydrogen (secondary N) is 2. The smallest absolute Gasteiger partial charge is 0.309 e. The van der Waals surface area contributed by atoms with Gasteiger partial charge in [-0.05, 0) is 55.3 Å². The lowest BCUT2D eigenvalue weighted by Gasteiger charge is -2.34. The number of carbonyl (C=O) groups is 2. The van der Waals surface area contributed by atoms with Gasteiger partial charge in [0, 0.05) is 50.0 Å². The molecule has 1 saturated heterocycles. The van der Waals surface area contributed by atoms with Crippen molar-refractivity contribution < 1.29 is 9.59 Å². The highest BCUT2D eigenvalue weighted by molar-refractivity contribution is 6.35. The van der Waals surface area contributed by atoms with Gasteiger partial charge in [0.15, 0.2) is 0 Å². The minimum absolute atomic E-state index is 0.295. The van der Waals surface area contributed by atoms with E-state index in [1.165, 1.54) is 11.3 Å². The molecule has 6 nitrogen and oxygen atoms in total. The van der Waals surface area contributed by atoms with Gasteiger partial charge in [-0.25, -0.2) is 0 Å². The van der Waals surface area contributed by atoms with E-state index in [0.29, 0.717) is 18.1 Å². The minimum Gasteiger partial charge on any atom is -0.369 e. The summed E-state index contributed by atoms with van der Waals surface area (Å²) in [7, 11) is 2.16. The molecule has 2 aromatic rings. The van der Waals surface area contributed by atoms with Gasteiger partial charge in [0.1, 0.15) is 0 Å². The molecule has 0 saturated carbocycles. The zero-order chi connectivity index (χ0) is 21.3. The summed E-state index contributed by atoms with van der Waals surface area (Å²) in [5, 5.41) is 5.93. The van der Waals surface area contributed by atoms with E-state index in [1.807, 2.05) is 12.1 Å². The molecule has 2 amide bonds. The number of piperazine rings is 1. The Balaban J connectivity index is 1.33. The molecule has 0 unspecified atom stereocenters. The van der Waals surface area contributed by atoms with Crippen molar-refractivity contribution in [1.29, 1.82) is 0 Å². The van der Waals surface area contributed by atoms with Crippen LogP contribution in [0.2, 0.25) is 5.02 Å². The maximum Gasteiger partial charge on any atom is 0.309 e. The largest absolute Gasteiger partial charge is 0.369 e. The standard InChI is InChI=1S/C23H29ClN4O2/c1-27-13-15-28(16-14-27)21-10-6-18(7-11-21)3-2-12-25-22(29)23(30)26-17-19-4-8-20(24)9-5-19/h4-11H,2-3,12-17H2,1H3,(H,25,29)(H,26,30). The Hall–Kier alpha value is -2.57. The van der Waals surface area contributed by atoms with Crippen LogP contribution in [0.5, 0.6) is 0 Å². The molecule has 1 aliphatic heterocycles. The zero-order valence-corrected chi connectivity index (χ0v) is 18.1. The molecule has 0 atom stereocenters. The van der Waals surface area contributed by atoms with Gasteiger partial charge in [0.05, 0.1) is 0 Å². The van der Waals surface area contributed by atoms with E-state index < -0.39 is 11.8 Å². The SMILES string of the molecule is CN1CCN(c2ccc(CCCNC(=O)C(=O)NCc3ccc(Cl)cc3)cc2)CC1. The second-order valence-corrected chi connectivity index (χ2v) is 8.06. The number of carbonyl (C=O) groups excluding carboxylic acids is 2. The first-order valence-corrected chi connectivity index (χ1v) is 10.7. The summed E-state index contributed by atoms with van der Waals surface area (Å²) in [6.45, 7) is 5.06. The monoisotopic (exact) mass is 428 g/mol. The summed E-state index contributed by atoms with van der Waals surface area (Å²) >= 11 is 5.83. The van der Waals surface area contributed by atoms with E-state index in [2.05, 4.69) is 51.7 Å². The molecule has 0 bridgehead atoms. The maximum absolute atomic E-state index is 11.9. The zero-order valence-electron chi connectivity index (χ0n) is 17.4. The average molecular weight is 429 g/mol. The van der Waals surface area contributed by atoms with E-state index in [0.717, 1.165) is 44.6 Å². The number of amides is 2. The lowest BCUT2D eigenvalue weighted by atomic mass is 10.1. The summed E-state index contributed by atoms with van der Waals surface area (Å²) in [4.78, 5) is 28.6. The molecular formula is C23H29ClN4O2. The number of aryl methyl sites for hydroxylation is 1. The number of rotatable bonds is 7. The fraction of sp³-hybridized carbons (Fsp3) is 0.391. The van der Waals surface area contributed by atoms with Crippen LogP contribution in [0.25, 0.3) is 0 Å². The molecule has 1 aliphatic rings. The van der Waals surface area contributed by atoms with E-state index in [9.17, 15) is 9.59 Å². The van der Waals surface area contributed by atoms with Crippen molar-refractivity contribution in [3.63, 3.8) is 0 Å². The Morgan fingerprint density at radius 2 is 1.47 bits per heavy atom. The molecule has 1 fully saturated rings. The minimum atomic E-state index is -0.624. The lowest BCUT2D eigenvalue weighted by Crippen LogP contribution is -2.44. The average Bonchev–Trinajstić information content (AvgIpc) is 2.77. The van der Waals surface area contributed by atoms with Crippen molar-refractivity contribution in [1.82, 2.24) is 15.5 Å². The van der Waals surface area contributed by atoms with Gasteiger partial charge in [-0.15, -0.1) is 0 Å². The van der Waals surface area contributed by atoms with Crippen molar-refractivity contribution in [3.05, 3.63) is 64.7 Å². The molecule has 2 N–H and O–H groups in total. The third-order valence-corrected chi connectivity index (χ3v) is 5.56. The molecule has 30 heavy (non-hydrogen) atoms. The summed E-state index contributed by atoms with van der Waals surface area (Å²) in [5.74, 6) is -1.23. The molecule has 7 heteroatoms. The molecule has 0 aromatic heterocycles. The number of nitrogens with zero attached hydrogens (tertiary/aromatic N) is 2. The van der Waals surface area contributed by atoms with Gasteiger partial charge in [-0.2, -0.15) is 0 Å². The normalized spacial score (nSPS) is 14.4. The van der Waals surface area contributed by atoms with Crippen LogP contribution in [-0.4, -0.2) is 56.5 Å². The Labute approximate surface area is 183 Å². The summed E-state index contributed by atoms with van der Waals surface area (Å²) in [6.07, 6.45) is 1.64. The van der Waals surface area contributed by atoms with Crippen LogP contribution in [0.3, 0.4) is 0 Å². The Morgan fingerprint density at radius 1 is 0.867 bits per heavy atom. The summed E-state index contributed by atoms with van der Waals surface area (Å²) < 4.78 is 0. The fourth-order valence-corrected chi connectivity index (χ4v) is 3.50. The number of likely N-dealkylation sites (N-methyl/N-ethyl adjacent to an activating group) is 1. The lowest BCUT2D eigenvalue weighted by molar-refractivity contribution is -0.139. The van der Waals surface area contributed by atoms with Crippen molar-refractivity contribution in [2.75, 3.05) is 44.7 Å². The topological polar surface area (TPSA) is 64.7 Å². The van der Waals surface area contributed by atoms with Gasteiger partial charge in [-0.3, -0.25) is 9.59 Å². The predicted octanol–water partition coefficient (Wildman–Crippen LogP) is 2.46. The van der Waals surface area contributed by atoms with Gasteiger partial charge >= 0.3 is 11.8 Å². The third kappa shape index (κ3) is 6.75. The highest BCUT2D eigenvalue weighted by Crippen LogP contribution is 2.17. The van der Waals surface area contributed by atoms with Gasteiger partial charge in [0.25, 0.3) is 0 Å². The number of hydrogen-bond acceptors (Lipinski definition) is 4. The molecule has 0 spiro atoms. The third-order valence-electron chi connectivity index (χ3n) is 5.31. The van der Waals surface area contributed by atoms with Crippen LogP contribution >= 0.6 is 11.6 Å². The molecule has 160 valence electrons. The van der Waals surface area contributed by atoms with Gasteiger partial charge in [-0.1, -0.05) is 35.9 Å². The predicted molar refractivity (Wildman–Crippen MR) is 121 cm³/mol. The Morgan fingerprint density at radius 3 is 2.13 bits per heavy atom. The van der Waals surface area contributed by atoms with Crippen LogP contribution < -0.4 is 15.5 Å². The van der Waals surface area contributed by atoms with Crippen LogP contribution in [0.15, 0.2) is 48.5 Å². The molecule has 0 aliphatic carbocycles. The Kier molecular flexibility index (Phi) is 8.11. The highest BCUT2D eigenvalue weighted by atomic mass is 35.5. The molecular weight excluding hydrogens is 400 g/mol. The molecule has 3 rings (SSSR count). The van der Waals surface area contributed by atoms with Crippen LogP contribution in [-0.2, 0) is 22.6 Å². The number of benzene rings is 2. The number of halogens is 1. The van der Waals surface area contributed by atoms with Crippen molar-refractivity contribution in [2.45, 2.75) is 19.4 Å². The van der Waals surface area contributed by atoms with Crippen molar-refractivity contribution in [2.24, 2.45) is 0 Å². The van der Waals surface area contributed by atoms with Crippen molar-refractivity contribution in [3.8, 4) is 0 Å². The molecule has 1 heterocycles. The number of hydrogen-bond donors (Lipinski definition) is 2. The summed E-state index contributed by atoms with van der Waals surface area (Å²) in [5.41, 5.74) is 3.38. The summed E-state index contributed by atoms with van der Waals surface area (Å²) in [6, 6.07) is 15.8.